The van der Waals surface area contributed by atoms with Crippen molar-refractivity contribution in [3.63, 3.8) is 0 Å². The molecule has 1 aliphatic heterocycles. The predicted molar refractivity (Wildman–Crippen MR) is 126 cm³/mol. The highest BCUT2D eigenvalue weighted by Gasteiger charge is 2.21. The van der Waals surface area contributed by atoms with E-state index in [-0.39, 0.29) is 29.9 Å². The Labute approximate surface area is 188 Å². The minimum atomic E-state index is -0.0721. The number of nitrogens with one attached hydrogen (secondary N) is 3. The Hall–Kier alpha value is -0.870. The molecule has 1 aromatic carbocycles. The van der Waals surface area contributed by atoms with Crippen molar-refractivity contribution in [2.75, 3.05) is 33.2 Å². The van der Waals surface area contributed by atoms with Crippen LogP contribution in [0.4, 0.5) is 0 Å². The number of piperidine rings is 1. The number of guanidine groups is 1. The molecule has 0 aliphatic carbocycles. The SMILES string of the molecule is CN=C(NCCNC(=O)c1cccc(Br)c1)NC1CCN(C(C)C)CC1.I. The molecule has 0 unspecified atom stereocenters. The van der Waals surface area contributed by atoms with E-state index in [2.05, 4.69) is 55.6 Å². The zero-order valence-corrected chi connectivity index (χ0v) is 20.2. The van der Waals surface area contributed by atoms with E-state index in [9.17, 15) is 4.79 Å². The summed E-state index contributed by atoms with van der Waals surface area (Å²) in [5, 5.41) is 9.67. The van der Waals surface area contributed by atoms with Crippen LogP contribution in [-0.4, -0.2) is 62.1 Å². The van der Waals surface area contributed by atoms with Crippen LogP contribution in [-0.2, 0) is 0 Å². The largest absolute Gasteiger partial charge is 0.355 e. The molecule has 1 heterocycles. The van der Waals surface area contributed by atoms with Crippen LogP contribution in [0, 0.1) is 0 Å². The number of nitrogens with zero attached hydrogens (tertiary/aromatic N) is 2. The summed E-state index contributed by atoms with van der Waals surface area (Å²) >= 11 is 3.38. The maximum atomic E-state index is 12.1. The molecule has 1 aromatic rings. The summed E-state index contributed by atoms with van der Waals surface area (Å²) in [7, 11) is 1.78. The summed E-state index contributed by atoms with van der Waals surface area (Å²) in [5.41, 5.74) is 0.652. The van der Waals surface area contributed by atoms with E-state index in [0.29, 0.717) is 30.7 Å². The number of hydrogen-bond acceptors (Lipinski definition) is 3. The molecule has 0 spiro atoms. The zero-order valence-electron chi connectivity index (χ0n) is 16.3. The molecule has 2 rings (SSSR count). The van der Waals surface area contributed by atoms with Gasteiger partial charge in [-0.25, -0.2) is 0 Å². The first kappa shape index (κ1) is 24.2. The molecule has 27 heavy (non-hydrogen) atoms. The summed E-state index contributed by atoms with van der Waals surface area (Å²) in [5.74, 6) is 0.724. The number of amides is 1. The Morgan fingerprint density at radius 2 is 1.93 bits per heavy atom. The van der Waals surface area contributed by atoms with Crippen LogP contribution < -0.4 is 16.0 Å². The highest BCUT2D eigenvalue weighted by Crippen LogP contribution is 2.13. The van der Waals surface area contributed by atoms with Gasteiger partial charge in [0.15, 0.2) is 5.96 Å². The molecule has 6 nitrogen and oxygen atoms in total. The van der Waals surface area contributed by atoms with E-state index in [1.165, 1.54) is 0 Å². The van der Waals surface area contributed by atoms with E-state index < -0.39 is 0 Å². The number of carbonyl (C=O) groups is 1. The standard InChI is InChI=1S/C19H30BrN5O.HI/c1-14(2)25-11-7-17(8-12-25)24-19(21-3)23-10-9-22-18(26)15-5-4-6-16(20)13-15;/h4-6,13-14,17H,7-12H2,1-3H3,(H,22,26)(H2,21,23,24);1H. The van der Waals surface area contributed by atoms with Gasteiger partial charge in [0, 0.05) is 55.3 Å². The number of halogens is 2. The third-order valence-electron chi connectivity index (χ3n) is 4.61. The molecule has 0 radical (unpaired) electrons. The molecule has 1 fully saturated rings. The number of benzene rings is 1. The predicted octanol–water partition coefficient (Wildman–Crippen LogP) is 2.83. The molecular weight excluding hydrogens is 521 g/mol. The number of aliphatic imine (C=N–C) groups is 1. The number of carbonyl (C=O) groups excluding carboxylic acids is 1. The van der Waals surface area contributed by atoms with E-state index >= 15 is 0 Å². The second kappa shape index (κ2) is 12.6. The first-order chi connectivity index (χ1) is 12.5. The number of rotatable bonds is 6. The van der Waals surface area contributed by atoms with Gasteiger partial charge in [0.05, 0.1) is 0 Å². The van der Waals surface area contributed by atoms with Crippen molar-refractivity contribution in [3.8, 4) is 0 Å². The minimum Gasteiger partial charge on any atom is -0.355 e. The second-order valence-corrected chi connectivity index (χ2v) is 7.73. The van der Waals surface area contributed by atoms with Crippen molar-refractivity contribution < 1.29 is 4.79 Å². The highest BCUT2D eigenvalue weighted by molar-refractivity contribution is 14.0. The van der Waals surface area contributed by atoms with Gasteiger partial charge in [-0.2, -0.15) is 0 Å². The number of hydrogen-bond donors (Lipinski definition) is 3. The third-order valence-corrected chi connectivity index (χ3v) is 5.11. The Bertz CT molecular complexity index is 618. The molecule has 3 N–H and O–H groups in total. The average Bonchev–Trinajstić information content (AvgIpc) is 2.64. The topological polar surface area (TPSA) is 68.8 Å². The van der Waals surface area contributed by atoms with Crippen molar-refractivity contribution in [1.29, 1.82) is 0 Å². The Kier molecular flexibility index (Phi) is 11.2. The van der Waals surface area contributed by atoms with Gasteiger partial charge in [0.25, 0.3) is 5.91 Å². The molecule has 152 valence electrons. The van der Waals surface area contributed by atoms with Crippen molar-refractivity contribution in [2.24, 2.45) is 4.99 Å². The normalized spacial score (nSPS) is 16.0. The van der Waals surface area contributed by atoms with Gasteiger partial charge in [-0.05, 0) is 44.9 Å². The van der Waals surface area contributed by atoms with Crippen LogP contribution in [0.25, 0.3) is 0 Å². The minimum absolute atomic E-state index is 0. The molecule has 1 saturated heterocycles. The van der Waals surface area contributed by atoms with Gasteiger partial charge in [-0.3, -0.25) is 9.79 Å². The first-order valence-corrected chi connectivity index (χ1v) is 10.0. The van der Waals surface area contributed by atoms with Gasteiger partial charge in [-0.15, -0.1) is 24.0 Å². The fraction of sp³-hybridized carbons (Fsp3) is 0.579. The summed E-state index contributed by atoms with van der Waals surface area (Å²) in [4.78, 5) is 18.9. The third kappa shape index (κ3) is 8.35. The van der Waals surface area contributed by atoms with Crippen LogP contribution in [0.2, 0.25) is 0 Å². The molecule has 0 atom stereocenters. The van der Waals surface area contributed by atoms with Crippen molar-refractivity contribution >= 4 is 51.8 Å². The molecule has 1 amide bonds. The van der Waals surface area contributed by atoms with Gasteiger partial charge in [0.2, 0.25) is 0 Å². The van der Waals surface area contributed by atoms with Crippen LogP contribution in [0.5, 0.6) is 0 Å². The fourth-order valence-electron chi connectivity index (χ4n) is 3.04. The quantitative estimate of drug-likeness (QED) is 0.220. The van der Waals surface area contributed by atoms with Gasteiger partial charge >= 0.3 is 0 Å². The summed E-state index contributed by atoms with van der Waals surface area (Å²) < 4.78 is 0.899. The Morgan fingerprint density at radius 1 is 1.26 bits per heavy atom. The van der Waals surface area contributed by atoms with Gasteiger partial charge in [0.1, 0.15) is 0 Å². The van der Waals surface area contributed by atoms with Crippen LogP contribution in [0.1, 0.15) is 37.0 Å². The van der Waals surface area contributed by atoms with Crippen LogP contribution in [0.15, 0.2) is 33.7 Å². The molecule has 8 heteroatoms. The maximum Gasteiger partial charge on any atom is 0.251 e. The summed E-state index contributed by atoms with van der Waals surface area (Å²) in [6.45, 7) is 7.90. The molecule has 0 aromatic heterocycles. The Morgan fingerprint density at radius 3 is 2.52 bits per heavy atom. The van der Waals surface area contributed by atoms with Crippen LogP contribution in [0.3, 0.4) is 0 Å². The first-order valence-electron chi connectivity index (χ1n) is 9.24. The fourth-order valence-corrected chi connectivity index (χ4v) is 3.44. The lowest BCUT2D eigenvalue weighted by atomic mass is 10.0. The molecule has 0 bridgehead atoms. The summed E-state index contributed by atoms with van der Waals surface area (Å²) in [6.07, 6.45) is 2.25. The molecule has 0 saturated carbocycles. The smallest absolute Gasteiger partial charge is 0.251 e. The van der Waals surface area contributed by atoms with E-state index in [0.717, 1.165) is 36.4 Å². The monoisotopic (exact) mass is 551 g/mol. The van der Waals surface area contributed by atoms with E-state index in [1.54, 1.807) is 13.1 Å². The molecule has 1 aliphatic rings. The second-order valence-electron chi connectivity index (χ2n) is 6.81. The van der Waals surface area contributed by atoms with Crippen molar-refractivity contribution in [1.82, 2.24) is 20.9 Å². The zero-order chi connectivity index (χ0) is 18.9. The van der Waals surface area contributed by atoms with Crippen molar-refractivity contribution in [3.05, 3.63) is 34.3 Å². The van der Waals surface area contributed by atoms with E-state index in [1.807, 2.05) is 18.2 Å². The average molecular weight is 552 g/mol. The molecular formula is C19H31BrIN5O. The van der Waals surface area contributed by atoms with Crippen LogP contribution >= 0.6 is 39.9 Å². The lowest BCUT2D eigenvalue weighted by Gasteiger charge is -2.35. The Balaban J connectivity index is 0.00000364. The lowest BCUT2D eigenvalue weighted by molar-refractivity contribution is 0.0954. The van der Waals surface area contributed by atoms with Gasteiger partial charge in [-0.1, -0.05) is 22.0 Å². The summed E-state index contributed by atoms with van der Waals surface area (Å²) in [6, 6.07) is 8.44. The number of likely N-dealkylation sites (tertiary alicyclic amines) is 1. The lowest BCUT2D eigenvalue weighted by Crippen LogP contribution is -2.50. The highest BCUT2D eigenvalue weighted by atomic mass is 127. The van der Waals surface area contributed by atoms with Gasteiger partial charge < -0.3 is 20.9 Å². The maximum absolute atomic E-state index is 12.1. The van der Waals surface area contributed by atoms with Crippen molar-refractivity contribution in [2.45, 2.75) is 38.8 Å². The van der Waals surface area contributed by atoms with E-state index in [4.69, 9.17) is 0 Å².